The number of benzene rings is 2. The molecule has 0 fully saturated rings. The maximum absolute atomic E-state index is 12.7. The fourth-order valence-corrected chi connectivity index (χ4v) is 3.90. The van der Waals surface area contributed by atoms with Crippen molar-refractivity contribution >= 4 is 45.6 Å². The highest BCUT2D eigenvalue weighted by Gasteiger charge is 2.15. The summed E-state index contributed by atoms with van der Waals surface area (Å²) in [7, 11) is 0. The van der Waals surface area contributed by atoms with E-state index in [0.717, 1.165) is 18.4 Å². The first-order valence-electron chi connectivity index (χ1n) is 9.63. The average molecular weight is 465 g/mol. The summed E-state index contributed by atoms with van der Waals surface area (Å²) in [5.41, 5.74) is 1.89. The molecule has 1 N–H and O–H groups in total. The molecule has 0 atom stereocenters. The Morgan fingerprint density at radius 2 is 1.93 bits per heavy atom. The third kappa shape index (κ3) is 5.65. The quantitative estimate of drug-likeness (QED) is 0.348. The van der Waals surface area contributed by atoms with Crippen molar-refractivity contribution in [2.24, 2.45) is 0 Å². The van der Waals surface area contributed by atoms with Crippen LogP contribution in [0, 0.1) is 0 Å². The summed E-state index contributed by atoms with van der Waals surface area (Å²) in [6.45, 7) is 5.08. The summed E-state index contributed by atoms with van der Waals surface area (Å²) in [5, 5.41) is 6.19. The molecule has 3 rings (SSSR count). The Morgan fingerprint density at radius 1 is 1.10 bits per heavy atom. The number of hydrogen-bond acceptors (Lipinski definition) is 5. The number of thiazole rings is 1. The molecule has 2 aromatic carbocycles. The maximum Gasteiger partial charge on any atom is 0.257 e. The zero-order valence-corrected chi connectivity index (χ0v) is 19.0. The van der Waals surface area contributed by atoms with Gasteiger partial charge < -0.3 is 9.47 Å². The van der Waals surface area contributed by atoms with E-state index in [1.54, 1.807) is 36.4 Å². The van der Waals surface area contributed by atoms with Gasteiger partial charge in [0.15, 0.2) is 16.6 Å². The normalized spacial score (nSPS) is 10.7. The summed E-state index contributed by atoms with van der Waals surface area (Å²) in [6, 6.07) is 10.4. The Bertz CT molecular complexity index is 1020. The van der Waals surface area contributed by atoms with Crippen LogP contribution in [0.3, 0.4) is 0 Å². The molecular weight excluding hydrogens is 443 g/mol. The van der Waals surface area contributed by atoms with Gasteiger partial charge in [0, 0.05) is 21.5 Å². The van der Waals surface area contributed by atoms with Crippen molar-refractivity contribution < 1.29 is 14.3 Å². The van der Waals surface area contributed by atoms with Crippen molar-refractivity contribution in [3.8, 4) is 22.8 Å². The first kappa shape index (κ1) is 22.4. The zero-order chi connectivity index (χ0) is 21.5. The first-order chi connectivity index (χ1) is 14.5. The van der Waals surface area contributed by atoms with Crippen LogP contribution in [-0.4, -0.2) is 24.1 Å². The number of nitrogens with one attached hydrogen (secondary N) is 1. The number of nitrogens with zero attached hydrogens (tertiary/aromatic N) is 1. The van der Waals surface area contributed by atoms with E-state index in [0.29, 0.717) is 51.1 Å². The lowest BCUT2D eigenvalue weighted by atomic mass is 10.2. The minimum absolute atomic E-state index is 0.279. The van der Waals surface area contributed by atoms with Crippen LogP contribution >= 0.6 is 34.5 Å². The van der Waals surface area contributed by atoms with Crippen LogP contribution in [0.15, 0.2) is 41.8 Å². The van der Waals surface area contributed by atoms with Gasteiger partial charge >= 0.3 is 0 Å². The molecule has 0 bridgehead atoms. The number of hydrogen-bond donors (Lipinski definition) is 1. The zero-order valence-electron chi connectivity index (χ0n) is 16.7. The molecule has 0 saturated carbocycles. The molecule has 0 radical (unpaired) electrons. The predicted molar refractivity (Wildman–Crippen MR) is 124 cm³/mol. The molecule has 8 heteroatoms. The van der Waals surface area contributed by atoms with Crippen LogP contribution < -0.4 is 14.8 Å². The largest absolute Gasteiger partial charge is 0.490 e. The van der Waals surface area contributed by atoms with Gasteiger partial charge in [-0.25, -0.2) is 4.98 Å². The van der Waals surface area contributed by atoms with E-state index in [1.165, 1.54) is 11.3 Å². The molecule has 0 aliphatic rings. The smallest absolute Gasteiger partial charge is 0.257 e. The van der Waals surface area contributed by atoms with Gasteiger partial charge in [0.1, 0.15) is 0 Å². The Balaban J connectivity index is 1.74. The fraction of sp³-hybridized carbons (Fsp3) is 0.273. The Morgan fingerprint density at radius 3 is 2.67 bits per heavy atom. The minimum atomic E-state index is -0.279. The van der Waals surface area contributed by atoms with Crippen LogP contribution in [0.2, 0.25) is 10.0 Å². The number of rotatable bonds is 9. The van der Waals surface area contributed by atoms with E-state index in [9.17, 15) is 4.79 Å². The molecule has 1 aromatic heterocycles. The molecule has 0 saturated heterocycles. The van der Waals surface area contributed by atoms with Gasteiger partial charge in [0.05, 0.1) is 23.9 Å². The number of ether oxygens (including phenoxy) is 2. The second-order valence-electron chi connectivity index (χ2n) is 6.41. The second-order valence-corrected chi connectivity index (χ2v) is 8.11. The summed E-state index contributed by atoms with van der Waals surface area (Å²) < 4.78 is 11.4. The molecule has 0 aliphatic carbocycles. The van der Waals surface area contributed by atoms with Gasteiger partial charge in [-0.15, -0.1) is 11.3 Å². The molecule has 3 aromatic rings. The second kappa shape index (κ2) is 10.7. The van der Waals surface area contributed by atoms with Crippen LogP contribution in [-0.2, 0) is 0 Å². The van der Waals surface area contributed by atoms with E-state index in [1.807, 2.05) is 12.3 Å². The average Bonchev–Trinajstić information content (AvgIpc) is 3.17. The van der Waals surface area contributed by atoms with Crippen molar-refractivity contribution in [3.05, 3.63) is 57.4 Å². The van der Waals surface area contributed by atoms with E-state index in [2.05, 4.69) is 17.2 Å². The summed E-state index contributed by atoms with van der Waals surface area (Å²) in [6.07, 6.45) is 2.00. The minimum Gasteiger partial charge on any atom is -0.490 e. The van der Waals surface area contributed by atoms with Crippen molar-refractivity contribution in [2.75, 3.05) is 18.5 Å². The number of anilines is 1. The predicted octanol–water partition coefficient (Wildman–Crippen LogP) is 6.95. The van der Waals surface area contributed by atoms with Gasteiger partial charge in [-0.3, -0.25) is 10.1 Å². The van der Waals surface area contributed by atoms with Crippen LogP contribution in [0.1, 0.15) is 37.0 Å². The Hall–Kier alpha value is -2.28. The highest BCUT2D eigenvalue weighted by Crippen LogP contribution is 2.33. The van der Waals surface area contributed by atoms with E-state index >= 15 is 0 Å². The molecule has 0 unspecified atom stereocenters. The topological polar surface area (TPSA) is 60.5 Å². The monoisotopic (exact) mass is 464 g/mol. The van der Waals surface area contributed by atoms with E-state index < -0.39 is 0 Å². The summed E-state index contributed by atoms with van der Waals surface area (Å²) in [4.78, 5) is 17.2. The number of carbonyl (C=O) groups excluding carboxylic acids is 1. The fourth-order valence-electron chi connectivity index (χ4n) is 2.68. The van der Waals surface area contributed by atoms with Crippen molar-refractivity contribution in [2.45, 2.75) is 26.7 Å². The number of amides is 1. The molecule has 158 valence electrons. The number of aromatic nitrogens is 1. The SMILES string of the molecule is CCCCOc1ccc(C(=O)Nc2nc(-c3ccc(Cl)cc3Cl)cs2)cc1OCC. The molecule has 5 nitrogen and oxygen atoms in total. The number of unbranched alkanes of at least 4 members (excludes halogenated alkanes) is 1. The first-order valence-corrected chi connectivity index (χ1v) is 11.3. The van der Waals surface area contributed by atoms with Gasteiger partial charge in [0.25, 0.3) is 5.91 Å². The lowest BCUT2D eigenvalue weighted by molar-refractivity contribution is 0.102. The molecule has 0 spiro atoms. The summed E-state index contributed by atoms with van der Waals surface area (Å²) >= 11 is 13.5. The standard InChI is InChI=1S/C22H22Cl2N2O3S/c1-3-5-10-29-19-9-6-14(11-20(19)28-4-2)21(27)26-22-25-18(13-30-22)16-8-7-15(23)12-17(16)24/h6-9,11-13H,3-5,10H2,1-2H3,(H,25,26,27). The van der Waals surface area contributed by atoms with Crippen molar-refractivity contribution in [3.63, 3.8) is 0 Å². The Kier molecular flexibility index (Phi) is 7.96. The van der Waals surface area contributed by atoms with Crippen molar-refractivity contribution in [1.82, 2.24) is 4.98 Å². The van der Waals surface area contributed by atoms with E-state index in [4.69, 9.17) is 32.7 Å². The highest BCUT2D eigenvalue weighted by molar-refractivity contribution is 7.14. The molecule has 1 heterocycles. The lowest BCUT2D eigenvalue weighted by Crippen LogP contribution is -2.12. The lowest BCUT2D eigenvalue weighted by Gasteiger charge is -2.13. The van der Waals surface area contributed by atoms with Gasteiger partial charge in [0.2, 0.25) is 0 Å². The number of carbonyl (C=O) groups is 1. The molecular formula is C22H22Cl2N2O3S. The Labute approximate surface area is 190 Å². The van der Waals surface area contributed by atoms with Crippen LogP contribution in [0.4, 0.5) is 5.13 Å². The third-order valence-corrected chi connectivity index (χ3v) is 5.50. The van der Waals surface area contributed by atoms with Crippen LogP contribution in [0.25, 0.3) is 11.3 Å². The van der Waals surface area contributed by atoms with Crippen LogP contribution in [0.5, 0.6) is 11.5 Å². The molecule has 0 aliphatic heterocycles. The molecule has 30 heavy (non-hydrogen) atoms. The summed E-state index contributed by atoms with van der Waals surface area (Å²) in [5.74, 6) is 0.906. The van der Waals surface area contributed by atoms with Gasteiger partial charge in [-0.05, 0) is 49.7 Å². The number of halogens is 2. The highest BCUT2D eigenvalue weighted by atomic mass is 35.5. The maximum atomic E-state index is 12.7. The molecule has 1 amide bonds. The third-order valence-electron chi connectivity index (χ3n) is 4.19. The van der Waals surface area contributed by atoms with Crippen molar-refractivity contribution in [1.29, 1.82) is 0 Å². The van der Waals surface area contributed by atoms with E-state index in [-0.39, 0.29) is 5.91 Å². The van der Waals surface area contributed by atoms with Gasteiger partial charge in [-0.1, -0.05) is 36.5 Å². The van der Waals surface area contributed by atoms with Gasteiger partial charge in [-0.2, -0.15) is 0 Å².